The molecular formula is C20H25N7O4S. The third-order valence-electron chi connectivity index (χ3n) is 5.79. The summed E-state index contributed by atoms with van der Waals surface area (Å²) in [6.45, 7) is 6.39. The van der Waals surface area contributed by atoms with Crippen LogP contribution < -0.4 is 10.2 Å². The van der Waals surface area contributed by atoms with Crippen LogP contribution in [0, 0.1) is 17.0 Å². The maximum atomic E-state index is 12.8. The molecule has 12 heteroatoms. The van der Waals surface area contributed by atoms with Gasteiger partial charge in [-0.1, -0.05) is 4.49 Å². The Hall–Kier alpha value is -3.12. The number of benzene rings is 1. The number of nitrogens with one attached hydrogen (secondary N) is 1. The van der Waals surface area contributed by atoms with Gasteiger partial charge >= 0.3 is 0 Å². The highest BCUT2D eigenvalue weighted by Gasteiger charge is 2.28. The Labute approximate surface area is 189 Å². The summed E-state index contributed by atoms with van der Waals surface area (Å²) in [5.41, 5.74) is 1.31. The first kappa shape index (κ1) is 22.1. The number of rotatable bonds is 4. The summed E-state index contributed by atoms with van der Waals surface area (Å²) < 4.78 is 3.84. The zero-order chi connectivity index (χ0) is 22.7. The molecule has 0 radical (unpaired) electrons. The number of piperazine rings is 1. The first-order valence-electron chi connectivity index (χ1n) is 10.6. The van der Waals surface area contributed by atoms with E-state index in [4.69, 9.17) is 0 Å². The molecule has 2 aromatic rings. The summed E-state index contributed by atoms with van der Waals surface area (Å²) in [6, 6.07) is 4.69. The molecule has 2 aliphatic rings. The van der Waals surface area contributed by atoms with Gasteiger partial charge < -0.3 is 20.0 Å². The summed E-state index contributed by atoms with van der Waals surface area (Å²) in [6.07, 6.45) is 0.676. The fraction of sp³-hybridized carbons (Fsp3) is 0.500. The fourth-order valence-corrected chi connectivity index (χ4v) is 4.68. The fourth-order valence-electron chi connectivity index (χ4n) is 4.05. The van der Waals surface area contributed by atoms with E-state index in [2.05, 4.69) is 14.9 Å². The summed E-state index contributed by atoms with van der Waals surface area (Å²) >= 11 is 1.08. The van der Waals surface area contributed by atoms with Crippen molar-refractivity contribution in [3.63, 3.8) is 0 Å². The van der Waals surface area contributed by atoms with Crippen LogP contribution in [0.15, 0.2) is 18.2 Å². The van der Waals surface area contributed by atoms with Crippen LogP contribution in [0.4, 0.5) is 11.4 Å². The SMILES string of the molecule is Cc1nnsc1C(=O)N1CCCN(c2ccc(C(=O)N3CCNCC3)cc2[N+](=O)[O-])CC1. The molecule has 11 nitrogen and oxygen atoms in total. The average molecular weight is 460 g/mol. The Morgan fingerprint density at radius 1 is 1.06 bits per heavy atom. The van der Waals surface area contributed by atoms with E-state index in [9.17, 15) is 19.7 Å². The van der Waals surface area contributed by atoms with Crippen LogP contribution in [0.5, 0.6) is 0 Å². The highest BCUT2D eigenvalue weighted by molar-refractivity contribution is 7.07. The van der Waals surface area contributed by atoms with Crippen LogP contribution in [-0.2, 0) is 0 Å². The molecule has 32 heavy (non-hydrogen) atoms. The van der Waals surface area contributed by atoms with E-state index in [1.54, 1.807) is 28.9 Å². The van der Waals surface area contributed by atoms with Gasteiger partial charge in [0.15, 0.2) is 0 Å². The molecule has 0 spiro atoms. The van der Waals surface area contributed by atoms with Crippen molar-refractivity contribution in [2.45, 2.75) is 13.3 Å². The summed E-state index contributed by atoms with van der Waals surface area (Å²) in [4.78, 5) is 42.9. The minimum absolute atomic E-state index is 0.0896. The number of aromatic nitrogens is 2. The average Bonchev–Trinajstić information content (AvgIpc) is 3.09. The van der Waals surface area contributed by atoms with Gasteiger partial charge in [-0.2, -0.15) is 0 Å². The van der Waals surface area contributed by atoms with E-state index in [0.29, 0.717) is 80.6 Å². The molecule has 2 amide bonds. The highest BCUT2D eigenvalue weighted by atomic mass is 32.1. The first-order valence-corrected chi connectivity index (χ1v) is 11.3. The molecule has 2 saturated heterocycles. The third kappa shape index (κ3) is 4.55. The minimum atomic E-state index is -0.440. The lowest BCUT2D eigenvalue weighted by atomic mass is 10.1. The summed E-state index contributed by atoms with van der Waals surface area (Å²) in [5, 5.41) is 18.9. The number of amides is 2. The van der Waals surface area contributed by atoms with Crippen LogP contribution in [0.1, 0.15) is 32.1 Å². The number of nitrogens with zero attached hydrogens (tertiary/aromatic N) is 6. The van der Waals surface area contributed by atoms with Gasteiger partial charge in [0.25, 0.3) is 17.5 Å². The molecule has 2 fully saturated rings. The second kappa shape index (κ2) is 9.57. The normalized spacial score (nSPS) is 17.2. The topological polar surface area (TPSA) is 125 Å². The number of carbonyl (C=O) groups is 2. The molecule has 170 valence electrons. The Kier molecular flexibility index (Phi) is 6.61. The number of aryl methyl sites for hydroxylation is 1. The zero-order valence-electron chi connectivity index (χ0n) is 17.8. The molecule has 2 aliphatic heterocycles. The van der Waals surface area contributed by atoms with E-state index in [1.165, 1.54) is 6.07 Å². The lowest BCUT2D eigenvalue weighted by Gasteiger charge is -2.28. The van der Waals surface area contributed by atoms with Gasteiger partial charge in [-0.05, 0) is 37.0 Å². The van der Waals surface area contributed by atoms with Gasteiger partial charge in [0.1, 0.15) is 10.6 Å². The van der Waals surface area contributed by atoms with Gasteiger partial charge in [0, 0.05) is 64.0 Å². The number of anilines is 1. The second-order valence-electron chi connectivity index (χ2n) is 7.82. The third-order valence-corrected chi connectivity index (χ3v) is 6.61. The number of carbonyl (C=O) groups excluding carboxylic acids is 2. The Morgan fingerprint density at radius 2 is 1.81 bits per heavy atom. The number of nitro benzene ring substituents is 1. The number of hydrogen-bond acceptors (Lipinski definition) is 9. The van der Waals surface area contributed by atoms with Gasteiger partial charge in [-0.25, -0.2) is 0 Å². The van der Waals surface area contributed by atoms with Gasteiger partial charge in [0.2, 0.25) is 0 Å². The molecule has 0 aliphatic carbocycles. The van der Waals surface area contributed by atoms with Crippen molar-refractivity contribution in [3.8, 4) is 0 Å². The Balaban J connectivity index is 1.51. The summed E-state index contributed by atoms with van der Waals surface area (Å²) in [7, 11) is 0. The van der Waals surface area contributed by atoms with Crippen LogP contribution in [-0.4, -0.2) is 88.5 Å². The van der Waals surface area contributed by atoms with E-state index in [0.717, 1.165) is 11.5 Å². The van der Waals surface area contributed by atoms with Gasteiger partial charge in [0.05, 0.1) is 10.6 Å². The van der Waals surface area contributed by atoms with Crippen molar-refractivity contribution in [3.05, 3.63) is 44.4 Å². The Bertz CT molecular complexity index is 1020. The molecule has 0 atom stereocenters. The van der Waals surface area contributed by atoms with E-state index >= 15 is 0 Å². The minimum Gasteiger partial charge on any atom is -0.364 e. The predicted octanol–water partition coefficient (Wildman–Crippen LogP) is 1.15. The van der Waals surface area contributed by atoms with Crippen LogP contribution >= 0.6 is 11.5 Å². The smallest absolute Gasteiger partial charge is 0.293 e. The molecule has 1 N–H and O–H groups in total. The van der Waals surface area contributed by atoms with Crippen molar-refractivity contribution in [1.82, 2.24) is 24.7 Å². The molecule has 4 rings (SSSR count). The maximum absolute atomic E-state index is 12.8. The Morgan fingerprint density at radius 3 is 2.50 bits per heavy atom. The molecule has 0 saturated carbocycles. The molecule has 0 unspecified atom stereocenters. The first-order chi connectivity index (χ1) is 15.5. The van der Waals surface area contributed by atoms with Crippen LogP contribution in [0.2, 0.25) is 0 Å². The van der Waals surface area contributed by atoms with Crippen molar-refractivity contribution in [1.29, 1.82) is 0 Å². The predicted molar refractivity (Wildman–Crippen MR) is 119 cm³/mol. The second-order valence-corrected chi connectivity index (χ2v) is 8.58. The molecule has 1 aromatic heterocycles. The maximum Gasteiger partial charge on any atom is 0.293 e. The quantitative estimate of drug-likeness (QED) is 0.533. The van der Waals surface area contributed by atoms with Crippen molar-refractivity contribution < 1.29 is 14.5 Å². The molecular weight excluding hydrogens is 434 g/mol. The van der Waals surface area contributed by atoms with Crippen LogP contribution in [0.3, 0.4) is 0 Å². The van der Waals surface area contributed by atoms with Gasteiger partial charge in [-0.3, -0.25) is 19.7 Å². The number of hydrogen-bond donors (Lipinski definition) is 1. The van der Waals surface area contributed by atoms with Gasteiger partial charge in [-0.15, -0.1) is 5.10 Å². The molecule has 1 aromatic carbocycles. The monoisotopic (exact) mass is 459 g/mol. The zero-order valence-corrected chi connectivity index (χ0v) is 18.6. The van der Waals surface area contributed by atoms with Crippen LogP contribution in [0.25, 0.3) is 0 Å². The lowest BCUT2D eigenvalue weighted by Crippen LogP contribution is -2.46. The lowest BCUT2D eigenvalue weighted by molar-refractivity contribution is -0.384. The summed E-state index contributed by atoms with van der Waals surface area (Å²) in [5.74, 6) is -0.298. The van der Waals surface area contributed by atoms with Crippen molar-refractivity contribution in [2.24, 2.45) is 0 Å². The van der Waals surface area contributed by atoms with Crippen molar-refractivity contribution in [2.75, 3.05) is 57.3 Å². The van der Waals surface area contributed by atoms with Crippen molar-refractivity contribution >= 4 is 34.7 Å². The molecule has 3 heterocycles. The number of nitro groups is 1. The molecule has 0 bridgehead atoms. The van der Waals surface area contributed by atoms with E-state index in [-0.39, 0.29) is 17.5 Å². The van der Waals surface area contributed by atoms with E-state index in [1.807, 2.05) is 4.90 Å². The standard InChI is InChI=1S/C20H25N7O4S/c1-14-18(32-23-22-14)20(29)25-8-2-7-24(11-12-25)16-4-3-15(13-17(16)27(30)31)19(28)26-9-5-21-6-10-26/h3-4,13,21H,2,5-12H2,1H3. The largest absolute Gasteiger partial charge is 0.364 e. The van der Waals surface area contributed by atoms with E-state index < -0.39 is 4.92 Å². The highest BCUT2D eigenvalue weighted by Crippen LogP contribution is 2.31.